The van der Waals surface area contributed by atoms with E-state index in [1.54, 1.807) is 18.2 Å². The van der Waals surface area contributed by atoms with Crippen LogP contribution in [0.15, 0.2) is 33.6 Å². The first kappa shape index (κ1) is 15.0. The fourth-order valence-electron chi connectivity index (χ4n) is 2.17. The topological polar surface area (TPSA) is 57.6 Å². The van der Waals surface area contributed by atoms with Crippen molar-refractivity contribution in [1.82, 2.24) is 4.90 Å². The number of aliphatic hydroxyl groups excluding tert-OH is 1. The Bertz CT molecular complexity index is 524. The molecule has 0 unspecified atom stereocenters. The third-order valence-corrected chi connectivity index (χ3v) is 5.57. The number of sulfone groups is 1. The lowest BCUT2D eigenvalue weighted by Crippen LogP contribution is -2.38. The molecule has 1 aliphatic rings. The van der Waals surface area contributed by atoms with Gasteiger partial charge >= 0.3 is 0 Å². The molecule has 1 N–H and O–H groups in total. The van der Waals surface area contributed by atoms with Crippen molar-refractivity contribution in [2.45, 2.75) is 23.8 Å². The van der Waals surface area contributed by atoms with Crippen LogP contribution in [-0.4, -0.2) is 49.9 Å². The van der Waals surface area contributed by atoms with E-state index in [9.17, 15) is 13.5 Å². The van der Waals surface area contributed by atoms with Gasteiger partial charge in [-0.05, 0) is 31.0 Å². The Labute approximate surface area is 122 Å². The monoisotopic (exact) mass is 347 g/mol. The zero-order valence-electron chi connectivity index (χ0n) is 10.6. The Morgan fingerprint density at radius 3 is 2.63 bits per heavy atom. The summed E-state index contributed by atoms with van der Waals surface area (Å²) in [5.74, 6) is 0.125. The van der Waals surface area contributed by atoms with Crippen molar-refractivity contribution in [1.29, 1.82) is 0 Å². The van der Waals surface area contributed by atoms with Gasteiger partial charge in [0.05, 0.1) is 16.8 Å². The van der Waals surface area contributed by atoms with Crippen LogP contribution in [0.2, 0.25) is 0 Å². The first-order valence-corrected chi connectivity index (χ1v) is 8.81. The van der Waals surface area contributed by atoms with Crippen LogP contribution >= 0.6 is 15.9 Å². The molecule has 1 saturated heterocycles. The normalized spacial score (nSPS) is 18.6. The number of benzene rings is 1. The number of halogens is 1. The Kier molecular flexibility index (Phi) is 5.00. The van der Waals surface area contributed by atoms with Crippen LogP contribution in [0.25, 0.3) is 0 Å². The average Bonchev–Trinajstić information content (AvgIpc) is 2.38. The van der Waals surface area contributed by atoms with Gasteiger partial charge in [0.25, 0.3) is 0 Å². The number of hydrogen-bond donors (Lipinski definition) is 1. The lowest BCUT2D eigenvalue weighted by atomic mass is 10.1. The van der Waals surface area contributed by atoms with Gasteiger partial charge in [0.15, 0.2) is 9.84 Å². The Morgan fingerprint density at radius 2 is 2.00 bits per heavy atom. The number of hydrogen-bond acceptors (Lipinski definition) is 4. The standard InChI is InChI=1S/C13H18BrNO3S/c14-11-2-1-3-13(10-11)19(17,18)9-8-15-6-4-12(16)5-7-15/h1-3,10,12,16H,4-9H2. The maximum atomic E-state index is 12.2. The van der Waals surface area contributed by atoms with E-state index in [2.05, 4.69) is 20.8 Å². The van der Waals surface area contributed by atoms with E-state index in [4.69, 9.17) is 0 Å². The van der Waals surface area contributed by atoms with E-state index in [0.717, 1.165) is 30.4 Å². The highest BCUT2D eigenvalue weighted by Crippen LogP contribution is 2.18. The van der Waals surface area contributed by atoms with E-state index in [-0.39, 0.29) is 11.9 Å². The molecule has 0 atom stereocenters. The number of piperidine rings is 1. The minimum absolute atomic E-state index is 0.125. The van der Waals surface area contributed by atoms with Crippen molar-refractivity contribution in [2.24, 2.45) is 0 Å². The van der Waals surface area contributed by atoms with Gasteiger partial charge in [0.1, 0.15) is 0 Å². The Balaban J connectivity index is 1.95. The van der Waals surface area contributed by atoms with Crippen LogP contribution in [0.3, 0.4) is 0 Å². The largest absolute Gasteiger partial charge is 0.393 e. The van der Waals surface area contributed by atoms with E-state index in [0.29, 0.717) is 11.4 Å². The van der Waals surface area contributed by atoms with Crippen LogP contribution in [0.4, 0.5) is 0 Å². The molecule has 1 heterocycles. The van der Waals surface area contributed by atoms with Gasteiger partial charge in [-0.1, -0.05) is 22.0 Å². The second-order valence-corrected chi connectivity index (χ2v) is 7.87. The zero-order valence-corrected chi connectivity index (χ0v) is 13.0. The number of rotatable bonds is 4. The second-order valence-electron chi connectivity index (χ2n) is 4.85. The molecule has 1 aliphatic heterocycles. The van der Waals surface area contributed by atoms with Gasteiger partial charge in [-0.2, -0.15) is 0 Å². The summed E-state index contributed by atoms with van der Waals surface area (Å²) >= 11 is 3.29. The van der Waals surface area contributed by atoms with Crippen molar-refractivity contribution >= 4 is 25.8 Å². The molecule has 0 aromatic heterocycles. The van der Waals surface area contributed by atoms with Crippen molar-refractivity contribution in [3.8, 4) is 0 Å². The molecule has 2 rings (SSSR count). The summed E-state index contributed by atoms with van der Waals surface area (Å²) in [5, 5.41) is 9.41. The quantitative estimate of drug-likeness (QED) is 0.900. The minimum Gasteiger partial charge on any atom is -0.393 e. The lowest BCUT2D eigenvalue weighted by Gasteiger charge is -2.29. The van der Waals surface area contributed by atoms with Crippen molar-refractivity contribution in [2.75, 3.05) is 25.4 Å². The molecule has 6 heteroatoms. The SMILES string of the molecule is O=S(=O)(CCN1CCC(O)CC1)c1cccc(Br)c1. The predicted octanol–water partition coefficient (Wildman–Crippen LogP) is 1.68. The average molecular weight is 348 g/mol. The maximum Gasteiger partial charge on any atom is 0.179 e. The highest BCUT2D eigenvalue weighted by molar-refractivity contribution is 9.10. The van der Waals surface area contributed by atoms with Crippen LogP contribution in [0.5, 0.6) is 0 Å². The molecular formula is C13H18BrNO3S. The number of nitrogens with zero attached hydrogens (tertiary/aromatic N) is 1. The second kappa shape index (κ2) is 6.35. The molecule has 0 bridgehead atoms. The van der Waals surface area contributed by atoms with Gasteiger partial charge in [0, 0.05) is 24.1 Å². The van der Waals surface area contributed by atoms with Gasteiger partial charge in [-0.25, -0.2) is 8.42 Å². The number of aliphatic hydroxyl groups is 1. The molecule has 1 fully saturated rings. The first-order chi connectivity index (χ1) is 8.97. The smallest absolute Gasteiger partial charge is 0.179 e. The third-order valence-electron chi connectivity index (χ3n) is 3.39. The lowest BCUT2D eigenvalue weighted by molar-refractivity contribution is 0.0855. The summed E-state index contributed by atoms with van der Waals surface area (Å²) in [6.45, 7) is 2.08. The molecule has 0 spiro atoms. The number of likely N-dealkylation sites (tertiary alicyclic amines) is 1. The minimum atomic E-state index is -3.23. The molecular weight excluding hydrogens is 330 g/mol. The summed E-state index contributed by atoms with van der Waals surface area (Å²) in [6.07, 6.45) is 1.24. The van der Waals surface area contributed by atoms with E-state index in [1.807, 2.05) is 6.07 Å². The predicted molar refractivity (Wildman–Crippen MR) is 77.9 cm³/mol. The summed E-state index contributed by atoms with van der Waals surface area (Å²) in [5.41, 5.74) is 0. The summed E-state index contributed by atoms with van der Waals surface area (Å²) in [7, 11) is -3.23. The van der Waals surface area contributed by atoms with Gasteiger partial charge in [0.2, 0.25) is 0 Å². The molecule has 4 nitrogen and oxygen atoms in total. The third kappa shape index (κ3) is 4.27. The highest BCUT2D eigenvalue weighted by atomic mass is 79.9. The Hall–Kier alpha value is -0.430. The van der Waals surface area contributed by atoms with Crippen LogP contribution in [-0.2, 0) is 9.84 Å². The maximum absolute atomic E-state index is 12.2. The molecule has 106 valence electrons. The first-order valence-electron chi connectivity index (χ1n) is 6.36. The van der Waals surface area contributed by atoms with Gasteiger partial charge in [-0.3, -0.25) is 0 Å². The fraction of sp³-hybridized carbons (Fsp3) is 0.538. The zero-order chi connectivity index (χ0) is 13.9. The molecule has 0 aliphatic carbocycles. The van der Waals surface area contributed by atoms with Crippen molar-refractivity contribution in [3.63, 3.8) is 0 Å². The molecule has 1 aromatic rings. The molecule has 0 saturated carbocycles. The molecule has 0 radical (unpaired) electrons. The van der Waals surface area contributed by atoms with E-state index >= 15 is 0 Å². The van der Waals surface area contributed by atoms with Gasteiger partial charge < -0.3 is 10.0 Å². The summed E-state index contributed by atoms with van der Waals surface area (Å²) < 4.78 is 25.2. The summed E-state index contributed by atoms with van der Waals surface area (Å²) in [6, 6.07) is 6.80. The van der Waals surface area contributed by atoms with Crippen LogP contribution in [0.1, 0.15) is 12.8 Å². The van der Waals surface area contributed by atoms with Crippen molar-refractivity contribution < 1.29 is 13.5 Å². The highest BCUT2D eigenvalue weighted by Gasteiger charge is 2.20. The van der Waals surface area contributed by atoms with Crippen molar-refractivity contribution in [3.05, 3.63) is 28.7 Å². The van der Waals surface area contributed by atoms with E-state index in [1.165, 1.54) is 0 Å². The molecule has 0 amide bonds. The molecule has 1 aromatic carbocycles. The van der Waals surface area contributed by atoms with Crippen LogP contribution in [0, 0.1) is 0 Å². The van der Waals surface area contributed by atoms with Crippen LogP contribution < -0.4 is 0 Å². The fourth-order valence-corrected chi connectivity index (χ4v) is 4.05. The molecule has 19 heavy (non-hydrogen) atoms. The van der Waals surface area contributed by atoms with Gasteiger partial charge in [-0.15, -0.1) is 0 Å². The summed E-state index contributed by atoms with van der Waals surface area (Å²) in [4.78, 5) is 2.46. The van der Waals surface area contributed by atoms with E-state index < -0.39 is 9.84 Å². The Morgan fingerprint density at radius 1 is 1.32 bits per heavy atom.